The SMILES string of the molecule is O=C(Nc1ccc(N2CCN(c3c(F)c(F)c(F)c(F)c3F)CC2)cc1)c1ccc(-c2ccccc2[N+](=O)[O-])o1. The first-order valence-corrected chi connectivity index (χ1v) is 11.9. The second kappa shape index (κ2) is 10.7. The molecule has 8 nitrogen and oxygen atoms in total. The van der Waals surface area contributed by atoms with E-state index in [-0.39, 0.29) is 49.0 Å². The van der Waals surface area contributed by atoms with Crippen molar-refractivity contribution in [2.24, 2.45) is 0 Å². The minimum absolute atomic E-state index is 0.0112. The zero-order chi connectivity index (χ0) is 28.6. The summed E-state index contributed by atoms with van der Waals surface area (Å²) >= 11 is 0. The lowest BCUT2D eigenvalue weighted by molar-refractivity contribution is -0.384. The van der Waals surface area contributed by atoms with E-state index in [1.165, 1.54) is 30.3 Å². The summed E-state index contributed by atoms with van der Waals surface area (Å²) in [5.74, 6) is -10.4. The van der Waals surface area contributed by atoms with Crippen molar-refractivity contribution < 1.29 is 36.1 Å². The van der Waals surface area contributed by atoms with E-state index in [1.54, 1.807) is 30.3 Å². The number of nitrogens with zero attached hydrogens (tertiary/aromatic N) is 3. The molecule has 1 aromatic heterocycles. The number of furan rings is 1. The predicted molar refractivity (Wildman–Crippen MR) is 136 cm³/mol. The van der Waals surface area contributed by atoms with Crippen LogP contribution in [0.2, 0.25) is 0 Å². The van der Waals surface area contributed by atoms with Crippen molar-refractivity contribution >= 4 is 28.7 Å². The number of carbonyl (C=O) groups is 1. The molecule has 0 atom stereocenters. The van der Waals surface area contributed by atoms with Crippen molar-refractivity contribution in [1.82, 2.24) is 0 Å². The van der Waals surface area contributed by atoms with Gasteiger partial charge >= 0.3 is 0 Å². The van der Waals surface area contributed by atoms with Crippen LogP contribution in [-0.4, -0.2) is 37.0 Å². The first kappa shape index (κ1) is 26.7. The van der Waals surface area contributed by atoms with Gasteiger partial charge in [-0.25, -0.2) is 22.0 Å². The molecule has 0 saturated carbocycles. The van der Waals surface area contributed by atoms with Gasteiger partial charge in [0.25, 0.3) is 11.6 Å². The summed E-state index contributed by atoms with van der Waals surface area (Å²) in [5, 5.41) is 13.9. The number of carbonyl (C=O) groups excluding carboxylic acids is 1. The van der Waals surface area contributed by atoms with Gasteiger partial charge in [-0.05, 0) is 42.5 Å². The minimum Gasteiger partial charge on any atom is -0.451 e. The van der Waals surface area contributed by atoms with E-state index in [2.05, 4.69) is 5.32 Å². The van der Waals surface area contributed by atoms with Gasteiger partial charge in [-0.1, -0.05) is 12.1 Å². The molecular formula is C27H19F5N4O4. The van der Waals surface area contributed by atoms with Gasteiger partial charge in [0.05, 0.1) is 10.5 Å². The number of hydrogen-bond donors (Lipinski definition) is 1. The van der Waals surface area contributed by atoms with Crippen LogP contribution in [0.5, 0.6) is 0 Å². The highest BCUT2D eigenvalue weighted by atomic mass is 19.2. The largest absolute Gasteiger partial charge is 0.451 e. The van der Waals surface area contributed by atoms with Gasteiger partial charge in [-0.15, -0.1) is 0 Å². The third kappa shape index (κ3) is 4.93. The van der Waals surface area contributed by atoms with Gasteiger partial charge in [0.15, 0.2) is 29.0 Å². The van der Waals surface area contributed by atoms with Gasteiger partial charge in [0.2, 0.25) is 5.82 Å². The number of para-hydroxylation sites is 1. The number of amides is 1. The zero-order valence-corrected chi connectivity index (χ0v) is 20.5. The summed E-state index contributed by atoms with van der Waals surface area (Å²) in [6.45, 7) is 0.506. The Morgan fingerprint density at radius 1 is 0.775 bits per heavy atom. The number of nitro benzene ring substituents is 1. The predicted octanol–water partition coefficient (Wildman–Crippen LogP) is 6.13. The molecule has 1 fully saturated rings. The van der Waals surface area contributed by atoms with Crippen LogP contribution in [0.25, 0.3) is 11.3 Å². The van der Waals surface area contributed by atoms with Crippen molar-refractivity contribution in [3.8, 4) is 11.3 Å². The number of anilines is 3. The smallest absolute Gasteiger partial charge is 0.291 e. The molecule has 2 heterocycles. The molecule has 1 saturated heterocycles. The van der Waals surface area contributed by atoms with Crippen LogP contribution in [0.4, 0.5) is 44.7 Å². The third-order valence-corrected chi connectivity index (χ3v) is 6.47. The van der Waals surface area contributed by atoms with Crippen LogP contribution < -0.4 is 15.1 Å². The van der Waals surface area contributed by atoms with Crippen molar-refractivity contribution in [1.29, 1.82) is 0 Å². The van der Waals surface area contributed by atoms with E-state index in [9.17, 15) is 36.9 Å². The zero-order valence-electron chi connectivity index (χ0n) is 20.5. The lowest BCUT2D eigenvalue weighted by Gasteiger charge is -2.37. The molecule has 0 spiro atoms. The van der Waals surface area contributed by atoms with Gasteiger partial charge in [0, 0.05) is 43.6 Å². The minimum atomic E-state index is -2.20. The maximum absolute atomic E-state index is 14.2. The lowest BCUT2D eigenvalue weighted by Crippen LogP contribution is -2.47. The normalized spacial score (nSPS) is 13.4. The van der Waals surface area contributed by atoms with E-state index in [0.717, 1.165) is 4.90 Å². The Morgan fingerprint density at radius 3 is 1.98 bits per heavy atom. The average molecular weight is 558 g/mol. The van der Waals surface area contributed by atoms with Crippen LogP contribution >= 0.6 is 0 Å². The summed E-state index contributed by atoms with van der Waals surface area (Å²) in [6.07, 6.45) is 0. The lowest BCUT2D eigenvalue weighted by atomic mass is 10.1. The van der Waals surface area contributed by atoms with Crippen LogP contribution in [0.3, 0.4) is 0 Å². The summed E-state index contributed by atoms with van der Waals surface area (Å²) in [4.78, 5) is 26.4. The second-order valence-corrected chi connectivity index (χ2v) is 8.83. The quantitative estimate of drug-likeness (QED) is 0.101. The van der Waals surface area contributed by atoms with Crippen molar-refractivity contribution in [2.75, 3.05) is 41.3 Å². The highest BCUT2D eigenvalue weighted by molar-refractivity contribution is 6.02. The molecule has 5 rings (SSSR count). The first-order valence-electron chi connectivity index (χ1n) is 11.9. The summed E-state index contributed by atoms with van der Waals surface area (Å²) in [6, 6.07) is 15.5. The van der Waals surface area contributed by atoms with Crippen molar-refractivity contribution in [3.63, 3.8) is 0 Å². The number of benzene rings is 3. The number of nitro groups is 1. The van der Waals surface area contributed by atoms with Gasteiger partial charge < -0.3 is 19.5 Å². The Morgan fingerprint density at radius 2 is 1.35 bits per heavy atom. The molecule has 1 N–H and O–H groups in total. The van der Waals surface area contributed by atoms with E-state index < -0.39 is 45.6 Å². The Bertz CT molecular complexity index is 1570. The van der Waals surface area contributed by atoms with Crippen LogP contribution in [0.15, 0.2) is 65.1 Å². The fourth-order valence-electron chi connectivity index (χ4n) is 4.45. The molecule has 1 aliphatic heterocycles. The number of piperazine rings is 1. The molecule has 0 radical (unpaired) electrons. The standard InChI is InChI=1S/C27H19F5N4O4/c28-21-22(29)24(31)26(25(32)23(21)30)35-13-11-34(12-14-35)16-7-5-15(6-8-16)33-27(37)20-10-9-19(40-20)17-3-1-2-4-18(17)36(38)39/h1-10H,11-14H2,(H,33,37). The number of hydrogen-bond acceptors (Lipinski definition) is 6. The maximum atomic E-state index is 14.2. The number of rotatable bonds is 6. The molecule has 206 valence electrons. The maximum Gasteiger partial charge on any atom is 0.291 e. The molecule has 40 heavy (non-hydrogen) atoms. The molecule has 1 aliphatic rings. The molecule has 0 aliphatic carbocycles. The topological polar surface area (TPSA) is 91.9 Å². The molecule has 13 heteroatoms. The summed E-state index contributed by atoms with van der Waals surface area (Å²) < 4.78 is 74.5. The fraction of sp³-hybridized carbons (Fsp3) is 0.148. The number of nitrogens with one attached hydrogen (secondary N) is 1. The summed E-state index contributed by atoms with van der Waals surface area (Å²) in [7, 11) is 0. The van der Waals surface area contributed by atoms with Gasteiger partial charge in [-0.3, -0.25) is 14.9 Å². The van der Waals surface area contributed by atoms with Crippen LogP contribution in [-0.2, 0) is 0 Å². The van der Waals surface area contributed by atoms with Gasteiger partial charge in [0.1, 0.15) is 11.4 Å². The second-order valence-electron chi connectivity index (χ2n) is 8.83. The molecule has 3 aromatic carbocycles. The van der Waals surface area contributed by atoms with Gasteiger partial charge in [-0.2, -0.15) is 0 Å². The highest BCUT2D eigenvalue weighted by Crippen LogP contribution is 2.33. The molecule has 0 bridgehead atoms. The monoisotopic (exact) mass is 558 g/mol. The van der Waals surface area contributed by atoms with E-state index in [0.29, 0.717) is 11.4 Å². The molecule has 4 aromatic rings. The molecular weight excluding hydrogens is 539 g/mol. The van der Waals surface area contributed by atoms with E-state index in [1.807, 2.05) is 4.90 Å². The van der Waals surface area contributed by atoms with Crippen LogP contribution in [0, 0.1) is 39.2 Å². The Hall–Kier alpha value is -4.94. The fourth-order valence-corrected chi connectivity index (χ4v) is 4.45. The van der Waals surface area contributed by atoms with E-state index in [4.69, 9.17) is 4.42 Å². The van der Waals surface area contributed by atoms with Crippen molar-refractivity contribution in [3.05, 3.63) is 106 Å². The molecule has 1 amide bonds. The highest BCUT2D eigenvalue weighted by Gasteiger charge is 2.31. The van der Waals surface area contributed by atoms with Crippen LogP contribution in [0.1, 0.15) is 10.6 Å². The average Bonchev–Trinajstić information content (AvgIpc) is 3.47. The Labute approximate surface area is 223 Å². The Balaban J connectivity index is 1.22. The number of halogens is 5. The third-order valence-electron chi connectivity index (χ3n) is 6.47. The molecule has 0 unspecified atom stereocenters. The summed E-state index contributed by atoms with van der Waals surface area (Å²) in [5.41, 5.74) is 0.268. The Kier molecular flexibility index (Phi) is 7.11. The van der Waals surface area contributed by atoms with Crippen molar-refractivity contribution in [2.45, 2.75) is 0 Å². The van der Waals surface area contributed by atoms with E-state index >= 15 is 0 Å². The first-order chi connectivity index (χ1) is 19.2.